The van der Waals surface area contributed by atoms with Crippen LogP contribution in [0.2, 0.25) is 0 Å². The zero-order valence-corrected chi connectivity index (χ0v) is 11.5. The number of rotatable bonds is 1. The Morgan fingerprint density at radius 1 is 1.25 bits per heavy atom. The van der Waals surface area contributed by atoms with Gasteiger partial charge in [-0.3, -0.25) is 4.79 Å². The van der Waals surface area contributed by atoms with E-state index in [1.54, 1.807) is 10.6 Å². The molecule has 0 N–H and O–H groups in total. The van der Waals surface area contributed by atoms with Crippen molar-refractivity contribution in [3.63, 3.8) is 0 Å². The van der Waals surface area contributed by atoms with Crippen molar-refractivity contribution in [3.05, 3.63) is 33.2 Å². The Morgan fingerprint density at radius 2 is 1.75 bits per heavy atom. The zero-order chi connectivity index (χ0) is 12.7. The monoisotopic (exact) mass is 221 g/mol. The standard InChI is InChI=1S/C14H23NO/c1-9(2)11-8-12(16)15(7)10(3)13(11)14(4,5)6/h8-9H,1-7H3. The second kappa shape index (κ2) is 4.08. The topological polar surface area (TPSA) is 22.0 Å². The maximum absolute atomic E-state index is 11.8. The summed E-state index contributed by atoms with van der Waals surface area (Å²) in [6.07, 6.45) is 0. The summed E-state index contributed by atoms with van der Waals surface area (Å²) in [5.41, 5.74) is 3.76. The fraction of sp³-hybridized carbons (Fsp3) is 0.643. The van der Waals surface area contributed by atoms with Gasteiger partial charge in [0.2, 0.25) is 0 Å². The van der Waals surface area contributed by atoms with Gasteiger partial charge in [-0.2, -0.15) is 0 Å². The molecule has 16 heavy (non-hydrogen) atoms. The molecule has 1 heterocycles. The SMILES string of the molecule is Cc1c(C(C)(C)C)c(C(C)C)cc(=O)n1C. The van der Waals surface area contributed by atoms with Crippen LogP contribution in [0.1, 0.15) is 57.4 Å². The van der Waals surface area contributed by atoms with E-state index >= 15 is 0 Å². The lowest BCUT2D eigenvalue weighted by atomic mass is 9.80. The van der Waals surface area contributed by atoms with E-state index in [1.807, 2.05) is 14.0 Å². The number of aromatic nitrogens is 1. The molecule has 0 aliphatic heterocycles. The van der Waals surface area contributed by atoms with Gasteiger partial charge >= 0.3 is 0 Å². The molecule has 1 aromatic heterocycles. The molecule has 1 rings (SSSR count). The second-order valence-corrected chi connectivity index (χ2v) is 5.86. The minimum atomic E-state index is 0.0785. The number of hydrogen-bond donors (Lipinski definition) is 0. The molecule has 0 unspecified atom stereocenters. The van der Waals surface area contributed by atoms with Crippen LogP contribution < -0.4 is 5.56 Å². The maximum Gasteiger partial charge on any atom is 0.250 e. The molecule has 0 aliphatic rings. The van der Waals surface area contributed by atoms with Crippen molar-refractivity contribution < 1.29 is 0 Å². The van der Waals surface area contributed by atoms with E-state index in [1.165, 1.54) is 11.1 Å². The van der Waals surface area contributed by atoms with Crippen molar-refractivity contribution in [3.8, 4) is 0 Å². The molecule has 0 saturated heterocycles. The molecule has 0 radical (unpaired) electrons. The Morgan fingerprint density at radius 3 is 2.12 bits per heavy atom. The summed E-state index contributed by atoms with van der Waals surface area (Å²) >= 11 is 0. The molecule has 2 heteroatoms. The van der Waals surface area contributed by atoms with Gasteiger partial charge < -0.3 is 4.57 Å². The van der Waals surface area contributed by atoms with Crippen LogP contribution in [0, 0.1) is 6.92 Å². The van der Waals surface area contributed by atoms with Crippen molar-refractivity contribution in [1.82, 2.24) is 4.57 Å². The molecule has 90 valence electrons. The van der Waals surface area contributed by atoms with Crippen molar-refractivity contribution in [2.45, 2.75) is 52.9 Å². The third-order valence-electron chi connectivity index (χ3n) is 3.14. The first kappa shape index (κ1) is 13.0. The first-order chi connectivity index (χ1) is 7.16. The van der Waals surface area contributed by atoms with Crippen LogP contribution in [0.4, 0.5) is 0 Å². The summed E-state index contributed by atoms with van der Waals surface area (Å²) in [7, 11) is 1.84. The average Bonchev–Trinajstić information content (AvgIpc) is 2.10. The Kier molecular flexibility index (Phi) is 3.32. The van der Waals surface area contributed by atoms with E-state index in [2.05, 4.69) is 34.6 Å². The highest BCUT2D eigenvalue weighted by Gasteiger charge is 2.23. The number of nitrogens with zero attached hydrogens (tertiary/aromatic N) is 1. The van der Waals surface area contributed by atoms with E-state index in [0.717, 1.165) is 5.69 Å². The van der Waals surface area contributed by atoms with Gasteiger partial charge in [0.25, 0.3) is 5.56 Å². The van der Waals surface area contributed by atoms with Crippen LogP contribution in [0.3, 0.4) is 0 Å². The van der Waals surface area contributed by atoms with Gasteiger partial charge in [-0.05, 0) is 29.4 Å². The largest absolute Gasteiger partial charge is 0.316 e. The normalized spacial score (nSPS) is 12.2. The van der Waals surface area contributed by atoms with Crippen LogP contribution in [0.15, 0.2) is 10.9 Å². The Bertz CT molecular complexity index is 447. The molecule has 0 amide bonds. The second-order valence-electron chi connectivity index (χ2n) is 5.86. The van der Waals surface area contributed by atoms with E-state index < -0.39 is 0 Å². The molecule has 0 saturated carbocycles. The van der Waals surface area contributed by atoms with Gasteiger partial charge in [0.1, 0.15) is 0 Å². The molecule has 0 spiro atoms. The highest BCUT2D eigenvalue weighted by Crippen LogP contribution is 2.31. The third kappa shape index (κ3) is 2.21. The van der Waals surface area contributed by atoms with Gasteiger partial charge in [0.15, 0.2) is 0 Å². The lowest BCUT2D eigenvalue weighted by Gasteiger charge is -2.28. The van der Waals surface area contributed by atoms with E-state index in [-0.39, 0.29) is 11.0 Å². The minimum Gasteiger partial charge on any atom is -0.316 e. The van der Waals surface area contributed by atoms with Crippen LogP contribution >= 0.6 is 0 Å². The average molecular weight is 221 g/mol. The van der Waals surface area contributed by atoms with E-state index in [0.29, 0.717) is 5.92 Å². The summed E-state index contributed by atoms with van der Waals surface area (Å²) in [5.74, 6) is 0.391. The first-order valence-corrected chi connectivity index (χ1v) is 5.87. The van der Waals surface area contributed by atoms with Gasteiger partial charge in [0, 0.05) is 18.8 Å². The summed E-state index contributed by atoms with van der Waals surface area (Å²) in [6.45, 7) is 12.9. The minimum absolute atomic E-state index is 0.0785. The van der Waals surface area contributed by atoms with Gasteiger partial charge in [0.05, 0.1) is 0 Å². The Balaban J connectivity index is 3.68. The quantitative estimate of drug-likeness (QED) is 0.714. The molecular formula is C14H23NO. The predicted molar refractivity (Wildman–Crippen MR) is 69.2 cm³/mol. The maximum atomic E-state index is 11.8. The molecule has 0 aliphatic carbocycles. The first-order valence-electron chi connectivity index (χ1n) is 5.87. The van der Waals surface area contributed by atoms with Crippen molar-refractivity contribution in [1.29, 1.82) is 0 Å². The van der Waals surface area contributed by atoms with E-state index in [9.17, 15) is 4.79 Å². The lowest BCUT2D eigenvalue weighted by molar-refractivity contribution is 0.557. The summed E-state index contributed by atoms with van der Waals surface area (Å²) in [5, 5.41) is 0. The fourth-order valence-electron chi connectivity index (χ4n) is 2.27. The predicted octanol–water partition coefficient (Wildman–Crippen LogP) is 3.11. The van der Waals surface area contributed by atoms with Crippen LogP contribution in [0.5, 0.6) is 0 Å². The molecule has 0 fully saturated rings. The Hall–Kier alpha value is -1.05. The molecule has 0 aromatic carbocycles. The zero-order valence-electron chi connectivity index (χ0n) is 11.5. The highest BCUT2D eigenvalue weighted by atomic mass is 16.1. The number of pyridine rings is 1. The number of hydrogen-bond acceptors (Lipinski definition) is 1. The van der Waals surface area contributed by atoms with Crippen LogP contribution in [-0.2, 0) is 12.5 Å². The van der Waals surface area contributed by atoms with Crippen LogP contribution in [-0.4, -0.2) is 4.57 Å². The third-order valence-corrected chi connectivity index (χ3v) is 3.14. The fourth-order valence-corrected chi connectivity index (χ4v) is 2.27. The summed E-state index contributed by atoms with van der Waals surface area (Å²) < 4.78 is 1.74. The van der Waals surface area contributed by atoms with Gasteiger partial charge in [-0.25, -0.2) is 0 Å². The van der Waals surface area contributed by atoms with Crippen molar-refractivity contribution in [2.75, 3.05) is 0 Å². The van der Waals surface area contributed by atoms with Gasteiger partial charge in [-0.15, -0.1) is 0 Å². The molecule has 1 aromatic rings. The lowest BCUT2D eigenvalue weighted by Crippen LogP contribution is -2.27. The molecule has 0 atom stereocenters. The summed E-state index contributed by atoms with van der Waals surface area (Å²) in [6, 6.07) is 1.79. The van der Waals surface area contributed by atoms with E-state index in [4.69, 9.17) is 0 Å². The van der Waals surface area contributed by atoms with Crippen molar-refractivity contribution >= 4 is 0 Å². The smallest absolute Gasteiger partial charge is 0.250 e. The van der Waals surface area contributed by atoms with Crippen molar-refractivity contribution in [2.24, 2.45) is 7.05 Å². The Labute approximate surface area is 98.3 Å². The molecule has 2 nitrogen and oxygen atoms in total. The summed E-state index contributed by atoms with van der Waals surface area (Å²) in [4.78, 5) is 11.8. The highest BCUT2D eigenvalue weighted by molar-refractivity contribution is 5.37. The van der Waals surface area contributed by atoms with Crippen LogP contribution in [0.25, 0.3) is 0 Å². The molecule has 0 bridgehead atoms. The molecular weight excluding hydrogens is 198 g/mol. The van der Waals surface area contributed by atoms with Gasteiger partial charge in [-0.1, -0.05) is 34.6 Å².